The molecule has 3 aliphatic rings. The van der Waals surface area contributed by atoms with Crippen LogP contribution in [-0.2, 0) is 24.4 Å². The lowest BCUT2D eigenvalue weighted by atomic mass is 9.63. The zero-order chi connectivity index (χ0) is 32.2. The maximum atomic E-state index is 14.0. The van der Waals surface area contributed by atoms with Gasteiger partial charge in [-0.05, 0) is 65.6 Å². The first-order valence-corrected chi connectivity index (χ1v) is 16.6. The van der Waals surface area contributed by atoms with Gasteiger partial charge in [0, 0.05) is 60.0 Å². The highest BCUT2D eigenvalue weighted by molar-refractivity contribution is 7.87. The summed E-state index contributed by atoms with van der Waals surface area (Å²) >= 11 is 12.7. The van der Waals surface area contributed by atoms with Gasteiger partial charge in [-0.3, -0.25) is 9.59 Å². The predicted octanol–water partition coefficient (Wildman–Crippen LogP) is 7.10. The second-order valence-corrected chi connectivity index (χ2v) is 15.6. The number of rotatable bonds is 8. The molecule has 0 saturated carbocycles. The monoisotopic (exact) mass is 661 g/mol. The number of carbonyl (C=O) groups excluding carboxylic acids is 2. The molecule has 0 N–H and O–H groups in total. The molecule has 11 heteroatoms. The summed E-state index contributed by atoms with van der Waals surface area (Å²) in [5, 5.41) is 0.344. The summed E-state index contributed by atoms with van der Waals surface area (Å²) in [5.74, 6) is -0.897. The largest absolute Gasteiger partial charge is 0.493 e. The van der Waals surface area contributed by atoms with E-state index in [4.69, 9.17) is 36.9 Å². The lowest BCUT2D eigenvalue weighted by molar-refractivity contribution is -0.119. The number of allylic oxidation sites excluding steroid dienone is 4. The van der Waals surface area contributed by atoms with E-state index in [0.29, 0.717) is 60.6 Å². The van der Waals surface area contributed by atoms with Crippen LogP contribution in [0.2, 0.25) is 10.0 Å². The number of methoxy groups -OCH3 is 2. The highest BCUT2D eigenvalue weighted by Crippen LogP contribution is 2.55. The first-order valence-electron chi connectivity index (χ1n) is 14.4. The van der Waals surface area contributed by atoms with Crippen LogP contribution in [0, 0.1) is 10.8 Å². The smallest absolute Gasteiger partial charge is 0.339 e. The van der Waals surface area contributed by atoms with Gasteiger partial charge in [0.1, 0.15) is 4.90 Å². The number of benzene rings is 2. The van der Waals surface area contributed by atoms with Crippen LogP contribution in [0.4, 0.5) is 0 Å². The predicted molar refractivity (Wildman–Crippen MR) is 169 cm³/mol. The summed E-state index contributed by atoms with van der Waals surface area (Å²) in [6.07, 6.45) is 1.94. The molecule has 1 heterocycles. The molecule has 236 valence electrons. The third kappa shape index (κ3) is 6.16. The fourth-order valence-electron chi connectivity index (χ4n) is 6.58. The van der Waals surface area contributed by atoms with Crippen molar-refractivity contribution in [1.82, 2.24) is 4.90 Å². The van der Waals surface area contributed by atoms with E-state index in [1.165, 1.54) is 31.4 Å². The van der Waals surface area contributed by atoms with Crippen molar-refractivity contribution in [2.75, 3.05) is 27.4 Å². The minimum atomic E-state index is -4.29. The van der Waals surface area contributed by atoms with Gasteiger partial charge in [-0.2, -0.15) is 8.42 Å². The highest BCUT2D eigenvalue weighted by atomic mass is 35.5. The molecule has 0 aromatic heterocycles. The molecule has 44 heavy (non-hydrogen) atoms. The third-order valence-corrected chi connectivity index (χ3v) is 10.2. The van der Waals surface area contributed by atoms with Gasteiger partial charge < -0.3 is 18.6 Å². The SMILES string of the molecule is COCCN1C2=C(C(=O)CC(C)(C)C2)C(c2cc(Cl)c(OS(=O)(=O)c3ccc(Cl)cc3)c(OC)c2)C2=C1CC(C)(C)CC2=O. The minimum absolute atomic E-state index is 0.0322. The standard InChI is InChI=1S/C33H37Cl2NO7S/c1-32(2)15-23-29(25(37)17-32)28(30-24(36(23)11-12-41-5)16-33(3,4)18-26(30)38)19-13-22(35)31(27(14-19)42-6)43-44(39,40)21-9-7-20(34)8-10-21/h7-10,13-14,28H,11-12,15-18H2,1-6H3. The van der Waals surface area contributed by atoms with Crippen LogP contribution >= 0.6 is 23.2 Å². The van der Waals surface area contributed by atoms with Gasteiger partial charge in [-0.25, -0.2) is 0 Å². The second-order valence-electron chi connectivity index (χ2n) is 13.2. The minimum Gasteiger partial charge on any atom is -0.493 e. The fraction of sp³-hybridized carbons (Fsp3) is 0.455. The summed E-state index contributed by atoms with van der Waals surface area (Å²) < 4.78 is 42.8. The Morgan fingerprint density at radius 2 is 1.41 bits per heavy atom. The van der Waals surface area contributed by atoms with Crippen molar-refractivity contribution >= 4 is 44.9 Å². The third-order valence-electron chi connectivity index (χ3n) is 8.42. The quantitative estimate of drug-likeness (QED) is 0.276. The molecule has 0 radical (unpaired) electrons. The van der Waals surface area contributed by atoms with Gasteiger partial charge >= 0.3 is 10.1 Å². The van der Waals surface area contributed by atoms with E-state index in [1.54, 1.807) is 19.2 Å². The Morgan fingerprint density at radius 1 is 0.864 bits per heavy atom. The van der Waals surface area contributed by atoms with Crippen molar-refractivity contribution in [1.29, 1.82) is 0 Å². The number of hydrogen-bond donors (Lipinski definition) is 0. The maximum Gasteiger partial charge on any atom is 0.339 e. The molecule has 8 nitrogen and oxygen atoms in total. The van der Waals surface area contributed by atoms with Crippen molar-refractivity contribution in [3.05, 3.63) is 74.5 Å². The van der Waals surface area contributed by atoms with Gasteiger partial charge in [-0.15, -0.1) is 0 Å². The number of nitrogens with zero attached hydrogens (tertiary/aromatic N) is 1. The Bertz CT molecular complexity index is 1640. The van der Waals surface area contributed by atoms with Crippen molar-refractivity contribution in [3.8, 4) is 11.5 Å². The lowest BCUT2D eigenvalue weighted by Gasteiger charge is -2.49. The Balaban J connectivity index is 1.69. The molecule has 0 fully saturated rings. The Labute approximate surface area is 269 Å². The zero-order valence-electron chi connectivity index (χ0n) is 25.8. The van der Waals surface area contributed by atoms with Crippen LogP contribution in [-0.4, -0.2) is 52.3 Å². The van der Waals surface area contributed by atoms with E-state index in [9.17, 15) is 18.0 Å². The number of ketones is 2. The van der Waals surface area contributed by atoms with Gasteiger partial charge in [0.25, 0.3) is 0 Å². The second kappa shape index (κ2) is 11.8. The molecular formula is C33H37Cl2NO7S. The molecule has 0 spiro atoms. The topological polar surface area (TPSA) is 99.2 Å². The molecule has 0 atom stereocenters. The highest BCUT2D eigenvalue weighted by Gasteiger charge is 2.49. The Kier molecular flexibility index (Phi) is 8.74. The summed E-state index contributed by atoms with van der Waals surface area (Å²) in [6, 6.07) is 8.74. The van der Waals surface area contributed by atoms with Gasteiger partial charge in [0.2, 0.25) is 5.75 Å². The van der Waals surface area contributed by atoms with E-state index in [0.717, 1.165) is 11.4 Å². The van der Waals surface area contributed by atoms with Crippen LogP contribution in [0.15, 0.2) is 63.8 Å². The summed E-state index contributed by atoms with van der Waals surface area (Å²) in [7, 11) is -1.28. The average molecular weight is 663 g/mol. The van der Waals surface area contributed by atoms with Crippen LogP contribution in [0.3, 0.4) is 0 Å². The number of Topliss-reactive ketones (excluding diaryl/α,β-unsaturated/α-hetero) is 2. The molecule has 2 aliphatic carbocycles. The normalized spacial score (nSPS) is 20.0. The van der Waals surface area contributed by atoms with Crippen LogP contribution in [0.25, 0.3) is 0 Å². The molecule has 0 saturated heterocycles. The number of hydrogen-bond acceptors (Lipinski definition) is 8. The molecular weight excluding hydrogens is 625 g/mol. The summed E-state index contributed by atoms with van der Waals surface area (Å²) in [6.45, 7) is 9.23. The Hall–Kier alpha value is -2.85. The molecule has 0 unspecified atom stereocenters. The van der Waals surface area contributed by atoms with Crippen molar-refractivity contribution < 1.29 is 31.7 Å². The number of halogens is 2. The fourth-order valence-corrected chi connectivity index (χ4v) is 7.97. The zero-order valence-corrected chi connectivity index (χ0v) is 28.1. The molecule has 0 amide bonds. The first-order chi connectivity index (χ1) is 20.6. The van der Waals surface area contributed by atoms with Crippen LogP contribution in [0.5, 0.6) is 11.5 Å². The molecule has 2 aromatic rings. The number of ether oxygens (including phenoxy) is 2. The van der Waals surface area contributed by atoms with Crippen molar-refractivity contribution in [2.45, 2.75) is 64.2 Å². The van der Waals surface area contributed by atoms with Gasteiger partial charge in [0.05, 0.1) is 18.7 Å². The average Bonchev–Trinajstić information content (AvgIpc) is 2.91. The number of carbonyl (C=O) groups is 2. The van der Waals surface area contributed by atoms with Crippen LogP contribution in [0.1, 0.15) is 64.9 Å². The van der Waals surface area contributed by atoms with Gasteiger partial charge in [0.15, 0.2) is 17.3 Å². The van der Waals surface area contributed by atoms with E-state index in [2.05, 4.69) is 32.6 Å². The van der Waals surface area contributed by atoms with E-state index >= 15 is 0 Å². The summed E-state index contributed by atoms with van der Waals surface area (Å²) in [4.78, 5) is 30.0. The van der Waals surface area contributed by atoms with Crippen LogP contribution < -0.4 is 8.92 Å². The van der Waals surface area contributed by atoms with Gasteiger partial charge in [-0.1, -0.05) is 50.9 Å². The summed E-state index contributed by atoms with van der Waals surface area (Å²) in [5.41, 5.74) is 2.90. The lowest BCUT2D eigenvalue weighted by Crippen LogP contribution is -2.45. The van der Waals surface area contributed by atoms with E-state index in [1.807, 2.05) is 0 Å². The Morgan fingerprint density at radius 3 is 1.91 bits per heavy atom. The molecule has 0 bridgehead atoms. The van der Waals surface area contributed by atoms with E-state index in [-0.39, 0.29) is 43.8 Å². The maximum absolute atomic E-state index is 14.0. The molecule has 2 aromatic carbocycles. The molecule has 5 rings (SSSR count). The van der Waals surface area contributed by atoms with E-state index < -0.39 is 16.0 Å². The molecule has 1 aliphatic heterocycles. The van der Waals surface area contributed by atoms with Crippen molar-refractivity contribution in [2.24, 2.45) is 10.8 Å². The van der Waals surface area contributed by atoms with Crippen molar-refractivity contribution in [3.63, 3.8) is 0 Å². The first kappa shape index (κ1) is 32.5.